The normalized spacial score (nSPS) is 31.5. The first-order valence-electron chi connectivity index (χ1n) is 20.9. The van der Waals surface area contributed by atoms with Gasteiger partial charge in [0.2, 0.25) is 17.6 Å². The molecule has 6 rings (SSSR count). The first-order valence-corrected chi connectivity index (χ1v) is 20.9. The van der Waals surface area contributed by atoms with Gasteiger partial charge in [0.05, 0.1) is 6.04 Å². The van der Waals surface area contributed by atoms with Crippen LogP contribution in [0.3, 0.4) is 0 Å². The lowest BCUT2D eigenvalue weighted by Crippen LogP contribution is -2.62. The lowest BCUT2D eigenvalue weighted by Gasteiger charge is -2.41. The Morgan fingerprint density at radius 1 is 0.849 bits per heavy atom. The number of fused-ring (bicyclic) bond motifs is 1. The molecule has 53 heavy (non-hydrogen) atoms. The fraction of sp³-hybridized carbons (Fsp3) is 0.878. The standard InChI is InChI=1S/C41H69N7O5/c1-25-21-47(22-26(2)43-25)23-30(28-15-9-8-10-16-28)45-37(53)46-33(38(3,4)5)36(52)48-24-41(39(6,7)40(41)17-12-18-40)20-31(48)35(51)44-29(32(49)34(42)50)19-27-13-11-14-27/h25-31,33,43H,8-24H2,1-7H3,(H2,42,50)(H,44,51)(H2,45,46,53)/t25-,26+,29?,30-,31+,33?,41?/m1/s1. The summed E-state index contributed by atoms with van der Waals surface area (Å²) in [5, 5.41) is 13.0. The maximum Gasteiger partial charge on any atom is 0.315 e. The highest BCUT2D eigenvalue weighted by molar-refractivity contribution is 6.37. The van der Waals surface area contributed by atoms with Gasteiger partial charge >= 0.3 is 6.03 Å². The lowest BCUT2D eigenvalue weighted by atomic mass is 9.73. The van der Waals surface area contributed by atoms with E-state index in [0.717, 1.165) is 83.8 Å². The summed E-state index contributed by atoms with van der Waals surface area (Å²) in [6, 6.07) is -2.38. The minimum atomic E-state index is -1.06. The number of hydrogen-bond acceptors (Lipinski definition) is 7. The van der Waals surface area contributed by atoms with Crippen LogP contribution < -0.4 is 27.0 Å². The van der Waals surface area contributed by atoms with Crippen LogP contribution in [0.5, 0.6) is 0 Å². The number of urea groups is 1. The molecule has 12 nitrogen and oxygen atoms in total. The zero-order valence-corrected chi connectivity index (χ0v) is 33.7. The van der Waals surface area contributed by atoms with Crippen molar-refractivity contribution in [2.75, 3.05) is 26.2 Å². The predicted molar refractivity (Wildman–Crippen MR) is 204 cm³/mol. The summed E-state index contributed by atoms with van der Waals surface area (Å²) in [5.41, 5.74) is 4.56. The van der Waals surface area contributed by atoms with E-state index in [1.165, 1.54) is 6.42 Å². The summed E-state index contributed by atoms with van der Waals surface area (Å²) in [4.78, 5) is 72.6. The fourth-order valence-electron chi connectivity index (χ4n) is 11.7. The predicted octanol–water partition coefficient (Wildman–Crippen LogP) is 3.86. The molecule has 298 valence electrons. The number of amides is 5. The molecule has 0 aromatic heterocycles. The Hall–Kier alpha value is -2.73. The number of primary amides is 1. The van der Waals surface area contributed by atoms with Crippen LogP contribution in [0.1, 0.15) is 132 Å². The molecule has 5 amide bonds. The van der Waals surface area contributed by atoms with Crippen LogP contribution in [0.15, 0.2) is 0 Å². The van der Waals surface area contributed by atoms with Crippen molar-refractivity contribution in [1.29, 1.82) is 0 Å². The molecule has 6 aliphatic rings. The van der Waals surface area contributed by atoms with Crippen molar-refractivity contribution < 1.29 is 24.0 Å². The molecule has 0 radical (unpaired) electrons. The third-order valence-electron chi connectivity index (χ3n) is 15.1. The van der Waals surface area contributed by atoms with Gasteiger partial charge in [-0.3, -0.25) is 24.1 Å². The van der Waals surface area contributed by atoms with Crippen molar-refractivity contribution in [1.82, 2.24) is 31.1 Å². The van der Waals surface area contributed by atoms with Gasteiger partial charge in [-0.05, 0) is 80.5 Å². The molecule has 3 unspecified atom stereocenters. The van der Waals surface area contributed by atoms with E-state index in [9.17, 15) is 24.0 Å². The SMILES string of the molecule is C[C@@H]1CN(C[C@@H](NC(=O)NC(C(=O)N2CC3(C[C@H]2C(=O)NC(CC2CCC2)C(=O)C(N)=O)C(C)(C)C32CCC2)C(C)(C)C)C2CCCCC2)C[C@H](C)N1. The van der Waals surface area contributed by atoms with Gasteiger partial charge in [0.25, 0.3) is 5.91 Å². The smallest absolute Gasteiger partial charge is 0.315 e. The highest BCUT2D eigenvalue weighted by atomic mass is 16.2. The molecule has 4 aliphatic carbocycles. The Balaban J connectivity index is 1.22. The van der Waals surface area contributed by atoms with Gasteiger partial charge < -0.3 is 31.9 Å². The van der Waals surface area contributed by atoms with Gasteiger partial charge in [0, 0.05) is 49.7 Å². The van der Waals surface area contributed by atoms with E-state index in [4.69, 9.17) is 5.73 Å². The van der Waals surface area contributed by atoms with Crippen molar-refractivity contribution in [3.05, 3.63) is 0 Å². The summed E-state index contributed by atoms with van der Waals surface area (Å²) in [6.45, 7) is 17.8. The number of carbonyl (C=O) groups excluding carboxylic acids is 5. The highest BCUT2D eigenvalue weighted by Gasteiger charge is 2.85. The van der Waals surface area contributed by atoms with E-state index in [1.54, 1.807) is 4.90 Å². The summed E-state index contributed by atoms with van der Waals surface area (Å²) < 4.78 is 0. The molecule has 7 atom stereocenters. The van der Waals surface area contributed by atoms with E-state index in [1.807, 2.05) is 20.8 Å². The molecule has 2 heterocycles. The van der Waals surface area contributed by atoms with Gasteiger partial charge in [-0.25, -0.2) is 4.79 Å². The topological polar surface area (TPSA) is 166 Å². The molecule has 4 saturated carbocycles. The number of carbonyl (C=O) groups is 5. The summed E-state index contributed by atoms with van der Waals surface area (Å²) in [5.74, 6) is -1.92. The average Bonchev–Trinajstić information content (AvgIpc) is 3.25. The maximum atomic E-state index is 15.0. The minimum Gasteiger partial charge on any atom is -0.363 e. The van der Waals surface area contributed by atoms with Crippen LogP contribution in [-0.4, -0.2) is 102 Å². The molecular weight excluding hydrogens is 670 g/mol. The van der Waals surface area contributed by atoms with E-state index in [0.29, 0.717) is 37.4 Å². The number of Topliss-reactive ketones (excluding diaryl/α,β-unsaturated/α-hetero) is 1. The van der Waals surface area contributed by atoms with Crippen LogP contribution in [0.4, 0.5) is 4.79 Å². The zero-order chi connectivity index (χ0) is 38.5. The summed E-state index contributed by atoms with van der Waals surface area (Å²) >= 11 is 0. The molecule has 0 aromatic carbocycles. The largest absolute Gasteiger partial charge is 0.363 e. The van der Waals surface area contributed by atoms with Crippen molar-refractivity contribution in [3.8, 4) is 0 Å². The molecule has 0 bridgehead atoms. The third-order valence-corrected chi connectivity index (χ3v) is 15.1. The van der Waals surface area contributed by atoms with Crippen molar-refractivity contribution >= 4 is 29.5 Å². The number of hydrogen-bond donors (Lipinski definition) is 5. The van der Waals surface area contributed by atoms with Gasteiger partial charge in [-0.15, -0.1) is 0 Å². The second-order valence-electron chi connectivity index (χ2n) is 19.8. The zero-order valence-electron chi connectivity index (χ0n) is 33.7. The number of nitrogens with two attached hydrogens (primary N) is 1. The summed E-state index contributed by atoms with van der Waals surface area (Å²) in [6.07, 6.45) is 12.8. The Morgan fingerprint density at radius 2 is 1.49 bits per heavy atom. The maximum absolute atomic E-state index is 15.0. The quantitative estimate of drug-likeness (QED) is 0.190. The van der Waals surface area contributed by atoms with Gasteiger partial charge in [-0.1, -0.05) is 79.6 Å². The first kappa shape index (κ1) is 39.9. The van der Waals surface area contributed by atoms with E-state index in [-0.39, 0.29) is 40.1 Å². The Morgan fingerprint density at radius 3 is 2.00 bits per heavy atom. The second kappa shape index (κ2) is 15.1. The second-order valence-corrected chi connectivity index (χ2v) is 19.8. The monoisotopic (exact) mass is 740 g/mol. The fourth-order valence-corrected chi connectivity index (χ4v) is 11.7. The number of nitrogens with one attached hydrogen (secondary N) is 4. The van der Waals surface area contributed by atoms with E-state index < -0.39 is 41.1 Å². The Bertz CT molecular complexity index is 1400. The number of nitrogens with zero attached hydrogens (tertiary/aromatic N) is 2. The molecule has 6 N–H and O–H groups in total. The van der Waals surface area contributed by atoms with Crippen LogP contribution in [0.25, 0.3) is 0 Å². The van der Waals surface area contributed by atoms with E-state index in [2.05, 4.69) is 53.9 Å². The molecule has 12 heteroatoms. The van der Waals surface area contributed by atoms with Crippen molar-refractivity contribution in [2.45, 2.75) is 168 Å². The number of rotatable bonds is 12. The lowest BCUT2D eigenvalue weighted by molar-refractivity contribution is -0.143. The molecule has 2 aliphatic heterocycles. The van der Waals surface area contributed by atoms with Crippen LogP contribution >= 0.6 is 0 Å². The van der Waals surface area contributed by atoms with Gasteiger partial charge in [-0.2, -0.15) is 0 Å². The first-order chi connectivity index (χ1) is 24.9. The third kappa shape index (κ3) is 7.61. The van der Waals surface area contributed by atoms with Gasteiger partial charge in [0.15, 0.2) is 0 Å². The molecule has 2 saturated heterocycles. The van der Waals surface area contributed by atoms with Crippen molar-refractivity contribution in [3.63, 3.8) is 0 Å². The number of piperazine rings is 1. The molecular formula is C41H69N7O5. The minimum absolute atomic E-state index is 0.0433. The Labute approximate surface area is 317 Å². The molecule has 6 fully saturated rings. The molecule has 0 aromatic rings. The van der Waals surface area contributed by atoms with Crippen LogP contribution in [0.2, 0.25) is 0 Å². The Kier molecular flexibility index (Phi) is 11.4. The number of ketones is 1. The van der Waals surface area contributed by atoms with Gasteiger partial charge in [0.1, 0.15) is 12.1 Å². The average molecular weight is 740 g/mol. The van der Waals surface area contributed by atoms with Crippen LogP contribution in [-0.2, 0) is 19.2 Å². The number of likely N-dealkylation sites (tertiary alicyclic amines) is 1. The van der Waals surface area contributed by atoms with E-state index >= 15 is 0 Å². The summed E-state index contributed by atoms with van der Waals surface area (Å²) in [7, 11) is 0. The van der Waals surface area contributed by atoms with Crippen molar-refractivity contribution in [2.24, 2.45) is 39.2 Å². The highest BCUT2D eigenvalue weighted by Crippen LogP contribution is 2.88. The van der Waals surface area contributed by atoms with Crippen LogP contribution in [0, 0.1) is 33.5 Å². The molecule has 2 spiro atoms.